The first-order chi connectivity index (χ1) is 10.8. The van der Waals surface area contributed by atoms with Gasteiger partial charge in [-0.3, -0.25) is 0 Å². The van der Waals surface area contributed by atoms with Gasteiger partial charge in [-0.15, -0.1) is 0 Å². The smallest absolute Gasteiger partial charge is 0.250 e. The third kappa shape index (κ3) is 3.97. The summed E-state index contributed by atoms with van der Waals surface area (Å²) in [5.74, 6) is 2.85. The Balaban J connectivity index is 1.59. The van der Waals surface area contributed by atoms with Gasteiger partial charge in [-0.25, -0.2) is 0 Å². The fraction of sp³-hybridized carbons (Fsp3) is 0.444. The Hall–Kier alpha value is -2.10. The summed E-state index contributed by atoms with van der Waals surface area (Å²) in [6.07, 6.45) is 11.5. The van der Waals surface area contributed by atoms with Gasteiger partial charge in [-0.05, 0) is 42.5 Å². The van der Waals surface area contributed by atoms with Gasteiger partial charge in [0.1, 0.15) is 5.75 Å². The molecule has 0 radical (unpaired) electrons. The highest BCUT2D eigenvalue weighted by molar-refractivity contribution is 5.38. The molecule has 0 spiro atoms. The largest absolute Gasteiger partial charge is 0.497 e. The number of methoxy groups -OCH3 is 1. The zero-order chi connectivity index (χ0) is 15.2. The Kier molecular flexibility index (Phi) is 4.88. The summed E-state index contributed by atoms with van der Waals surface area (Å²) in [5.41, 5.74) is 1.14. The van der Waals surface area contributed by atoms with Crippen molar-refractivity contribution < 1.29 is 9.26 Å². The molecule has 3 rings (SSSR count). The number of allylic oxidation sites excluding steroid dienone is 1. The summed E-state index contributed by atoms with van der Waals surface area (Å²) in [6.45, 7) is 0. The van der Waals surface area contributed by atoms with Crippen LogP contribution in [-0.4, -0.2) is 17.3 Å². The fourth-order valence-corrected chi connectivity index (χ4v) is 2.88. The first-order valence-electron chi connectivity index (χ1n) is 7.97. The lowest BCUT2D eigenvalue weighted by molar-refractivity contribution is 0.401. The molecule has 116 valence electrons. The zero-order valence-corrected chi connectivity index (χ0v) is 13.0. The molecule has 0 amide bonds. The van der Waals surface area contributed by atoms with Crippen LogP contribution in [0.15, 0.2) is 34.9 Å². The molecule has 1 aliphatic rings. The normalized spacial score (nSPS) is 16.2. The molecule has 4 nitrogen and oxygen atoms in total. The van der Waals surface area contributed by atoms with Gasteiger partial charge in [-0.2, -0.15) is 4.98 Å². The number of aromatic nitrogens is 2. The molecular weight excluding hydrogens is 276 g/mol. The second kappa shape index (κ2) is 7.25. The van der Waals surface area contributed by atoms with Crippen LogP contribution in [0.5, 0.6) is 5.75 Å². The standard InChI is InChI=1S/C18H22N2O2/c1-21-16-10-7-15(8-11-16)13-17-19-18(22-20-17)12-9-14-5-3-2-4-6-14/h7-12,14H,2-6,13H2,1H3. The molecule has 0 N–H and O–H groups in total. The lowest BCUT2D eigenvalue weighted by Crippen LogP contribution is -2.02. The van der Waals surface area contributed by atoms with E-state index >= 15 is 0 Å². The highest BCUT2D eigenvalue weighted by atomic mass is 16.5. The molecule has 1 aromatic carbocycles. The van der Waals surface area contributed by atoms with Gasteiger partial charge in [0.05, 0.1) is 7.11 Å². The van der Waals surface area contributed by atoms with Crippen molar-refractivity contribution in [1.82, 2.24) is 10.1 Å². The molecule has 2 aromatic rings. The van der Waals surface area contributed by atoms with Crippen molar-refractivity contribution >= 4 is 6.08 Å². The summed E-state index contributed by atoms with van der Waals surface area (Å²) in [6, 6.07) is 7.93. The number of hydrogen-bond acceptors (Lipinski definition) is 4. The van der Waals surface area contributed by atoms with Gasteiger partial charge < -0.3 is 9.26 Å². The lowest BCUT2D eigenvalue weighted by atomic mass is 9.89. The van der Waals surface area contributed by atoms with Gasteiger partial charge in [-0.1, -0.05) is 42.6 Å². The Bertz CT molecular complexity index is 610. The topological polar surface area (TPSA) is 48.2 Å². The molecule has 1 aliphatic carbocycles. The monoisotopic (exact) mass is 298 g/mol. The zero-order valence-electron chi connectivity index (χ0n) is 13.0. The van der Waals surface area contributed by atoms with E-state index in [0.717, 1.165) is 11.3 Å². The summed E-state index contributed by atoms with van der Waals surface area (Å²) >= 11 is 0. The fourth-order valence-electron chi connectivity index (χ4n) is 2.88. The molecule has 0 saturated heterocycles. The van der Waals surface area contributed by atoms with Gasteiger partial charge in [0, 0.05) is 6.42 Å². The van der Waals surface area contributed by atoms with Crippen LogP contribution in [0.25, 0.3) is 6.08 Å². The minimum absolute atomic E-state index is 0.606. The number of hydrogen-bond donors (Lipinski definition) is 0. The summed E-state index contributed by atoms with van der Waals surface area (Å²) in [4.78, 5) is 4.44. The van der Waals surface area contributed by atoms with Gasteiger partial charge in [0.25, 0.3) is 0 Å². The number of rotatable bonds is 5. The highest BCUT2D eigenvalue weighted by Crippen LogP contribution is 2.25. The van der Waals surface area contributed by atoms with Crippen molar-refractivity contribution in [3.63, 3.8) is 0 Å². The van der Waals surface area contributed by atoms with Crippen molar-refractivity contribution in [3.8, 4) is 5.75 Å². The summed E-state index contributed by atoms with van der Waals surface area (Å²) in [5, 5.41) is 4.05. The Morgan fingerprint density at radius 3 is 2.68 bits per heavy atom. The Morgan fingerprint density at radius 1 is 1.18 bits per heavy atom. The van der Waals surface area contributed by atoms with Crippen LogP contribution in [0.2, 0.25) is 0 Å². The average molecular weight is 298 g/mol. The third-order valence-electron chi connectivity index (χ3n) is 4.17. The van der Waals surface area contributed by atoms with E-state index in [4.69, 9.17) is 9.26 Å². The first-order valence-corrected chi connectivity index (χ1v) is 7.97. The van der Waals surface area contributed by atoms with E-state index in [1.165, 1.54) is 32.1 Å². The minimum atomic E-state index is 0.606. The van der Waals surface area contributed by atoms with E-state index in [1.807, 2.05) is 30.3 Å². The maximum atomic E-state index is 5.30. The van der Waals surface area contributed by atoms with E-state index < -0.39 is 0 Å². The average Bonchev–Trinajstić information content (AvgIpc) is 3.02. The molecule has 22 heavy (non-hydrogen) atoms. The molecular formula is C18H22N2O2. The summed E-state index contributed by atoms with van der Waals surface area (Å²) in [7, 11) is 1.67. The van der Waals surface area contributed by atoms with Crippen LogP contribution < -0.4 is 4.74 Å². The predicted molar refractivity (Wildman–Crippen MR) is 85.7 cm³/mol. The second-order valence-electron chi connectivity index (χ2n) is 5.83. The maximum Gasteiger partial charge on any atom is 0.250 e. The van der Waals surface area contributed by atoms with E-state index in [0.29, 0.717) is 24.1 Å². The number of ether oxygens (including phenoxy) is 1. The summed E-state index contributed by atoms with van der Waals surface area (Å²) < 4.78 is 10.5. The molecule has 1 fully saturated rings. The number of nitrogens with zero attached hydrogens (tertiary/aromatic N) is 2. The van der Waals surface area contributed by atoms with E-state index in [9.17, 15) is 0 Å². The third-order valence-corrected chi connectivity index (χ3v) is 4.17. The van der Waals surface area contributed by atoms with Crippen LogP contribution in [-0.2, 0) is 6.42 Å². The van der Waals surface area contributed by atoms with Gasteiger partial charge in [0.2, 0.25) is 5.89 Å². The number of benzene rings is 1. The second-order valence-corrected chi connectivity index (χ2v) is 5.83. The molecule has 1 heterocycles. The molecule has 4 heteroatoms. The Morgan fingerprint density at radius 2 is 1.95 bits per heavy atom. The van der Waals surface area contributed by atoms with E-state index in [1.54, 1.807) is 7.11 Å². The maximum absolute atomic E-state index is 5.30. The van der Waals surface area contributed by atoms with Crippen LogP contribution in [0, 0.1) is 5.92 Å². The molecule has 0 aliphatic heterocycles. The van der Waals surface area contributed by atoms with E-state index in [2.05, 4.69) is 16.2 Å². The van der Waals surface area contributed by atoms with Crippen LogP contribution in [0.1, 0.15) is 49.4 Å². The van der Waals surface area contributed by atoms with Gasteiger partial charge >= 0.3 is 0 Å². The van der Waals surface area contributed by atoms with Crippen LogP contribution >= 0.6 is 0 Å². The molecule has 1 saturated carbocycles. The first kappa shape index (κ1) is 14.8. The minimum Gasteiger partial charge on any atom is -0.497 e. The lowest BCUT2D eigenvalue weighted by Gasteiger charge is -2.17. The molecule has 1 aromatic heterocycles. The van der Waals surface area contributed by atoms with Crippen LogP contribution in [0.3, 0.4) is 0 Å². The van der Waals surface area contributed by atoms with Crippen LogP contribution in [0.4, 0.5) is 0 Å². The Labute approximate surface area is 131 Å². The SMILES string of the molecule is COc1ccc(Cc2noc(C=CC3CCCCC3)n2)cc1. The van der Waals surface area contributed by atoms with Crippen molar-refractivity contribution in [1.29, 1.82) is 0 Å². The van der Waals surface area contributed by atoms with Crippen molar-refractivity contribution in [2.24, 2.45) is 5.92 Å². The van der Waals surface area contributed by atoms with E-state index in [-0.39, 0.29) is 0 Å². The molecule has 0 atom stereocenters. The highest BCUT2D eigenvalue weighted by Gasteiger charge is 2.11. The molecule has 0 bridgehead atoms. The van der Waals surface area contributed by atoms with Crippen molar-refractivity contribution in [2.45, 2.75) is 38.5 Å². The predicted octanol–water partition coefficient (Wildman–Crippen LogP) is 4.26. The van der Waals surface area contributed by atoms with Crippen molar-refractivity contribution in [3.05, 3.63) is 47.6 Å². The van der Waals surface area contributed by atoms with Crippen molar-refractivity contribution in [2.75, 3.05) is 7.11 Å². The van der Waals surface area contributed by atoms with Gasteiger partial charge in [0.15, 0.2) is 5.82 Å². The quantitative estimate of drug-likeness (QED) is 0.827. The molecule has 0 unspecified atom stereocenters.